The number of aromatic nitrogens is 6. The van der Waals surface area contributed by atoms with Gasteiger partial charge in [-0.3, -0.25) is 0 Å². The molecule has 0 unspecified atom stereocenters. The molecule has 4 aromatic heterocycles. The van der Waals surface area contributed by atoms with Crippen LogP contribution in [0.25, 0.3) is 123 Å². The highest BCUT2D eigenvalue weighted by atomic mass is 15.1. The van der Waals surface area contributed by atoms with E-state index in [1.807, 2.05) is 24.3 Å². The van der Waals surface area contributed by atoms with Crippen LogP contribution in [-0.4, -0.2) is 29.1 Å². The lowest BCUT2D eigenvalue weighted by atomic mass is 10.0. The number of para-hydroxylation sites is 4. The Morgan fingerprint density at radius 1 is 0.235 bits per heavy atom. The zero-order chi connectivity index (χ0) is 45.0. The average Bonchev–Trinajstić information content (AvgIpc) is 3.94. The molecule has 0 bridgehead atoms. The van der Waals surface area contributed by atoms with Crippen molar-refractivity contribution < 1.29 is 0 Å². The van der Waals surface area contributed by atoms with Crippen molar-refractivity contribution >= 4 is 43.6 Å². The van der Waals surface area contributed by atoms with Gasteiger partial charge in [-0.15, -0.1) is 0 Å². The van der Waals surface area contributed by atoms with E-state index in [9.17, 15) is 0 Å². The SMILES string of the molecule is c1ccc(-c2cc(-c3ccccc3)nc(-c3ccc(-c4nc(-c5ccccc5)cc(-c5ccccc5)n4)c(-n4c5ccccc5c5ccccc54)c3-n3c4ccccc4c4ccccc43)n2)cc1. The molecule has 0 aliphatic heterocycles. The third kappa shape index (κ3) is 6.58. The Balaban J connectivity index is 1.24. The predicted molar refractivity (Wildman–Crippen MR) is 279 cm³/mol. The fourth-order valence-electron chi connectivity index (χ4n) is 9.88. The summed E-state index contributed by atoms with van der Waals surface area (Å²) in [7, 11) is 0. The van der Waals surface area contributed by atoms with Crippen LogP contribution in [0.15, 0.2) is 243 Å². The summed E-state index contributed by atoms with van der Waals surface area (Å²) in [6.45, 7) is 0. The van der Waals surface area contributed by atoms with Crippen LogP contribution in [-0.2, 0) is 0 Å². The lowest BCUT2D eigenvalue weighted by Gasteiger charge is -2.23. The van der Waals surface area contributed by atoms with Crippen LogP contribution in [0.2, 0.25) is 0 Å². The quantitative estimate of drug-likeness (QED) is 0.153. The van der Waals surface area contributed by atoms with E-state index in [4.69, 9.17) is 19.9 Å². The molecule has 68 heavy (non-hydrogen) atoms. The number of rotatable bonds is 8. The maximum absolute atomic E-state index is 5.52. The summed E-state index contributed by atoms with van der Waals surface area (Å²) in [4.78, 5) is 22.1. The van der Waals surface area contributed by atoms with Crippen LogP contribution in [0.3, 0.4) is 0 Å². The van der Waals surface area contributed by atoms with Gasteiger partial charge in [-0.25, -0.2) is 19.9 Å². The molecule has 0 N–H and O–H groups in total. The molecule has 6 heteroatoms. The smallest absolute Gasteiger partial charge is 0.162 e. The van der Waals surface area contributed by atoms with E-state index < -0.39 is 0 Å². The van der Waals surface area contributed by atoms with E-state index in [-0.39, 0.29) is 0 Å². The summed E-state index contributed by atoms with van der Waals surface area (Å²) >= 11 is 0. The summed E-state index contributed by atoms with van der Waals surface area (Å²) in [5, 5.41) is 4.57. The van der Waals surface area contributed by atoms with Gasteiger partial charge in [-0.2, -0.15) is 0 Å². The maximum atomic E-state index is 5.52. The molecule has 0 saturated heterocycles. The molecule has 0 aliphatic carbocycles. The first-order chi connectivity index (χ1) is 33.7. The van der Waals surface area contributed by atoms with Gasteiger partial charge in [0.15, 0.2) is 11.6 Å². The third-order valence-electron chi connectivity index (χ3n) is 13.0. The van der Waals surface area contributed by atoms with Gasteiger partial charge in [0.1, 0.15) is 0 Å². The molecule has 13 rings (SSSR count). The molecule has 0 saturated carbocycles. The van der Waals surface area contributed by atoms with Crippen molar-refractivity contribution in [3.05, 3.63) is 243 Å². The lowest BCUT2D eigenvalue weighted by Crippen LogP contribution is -2.10. The minimum atomic E-state index is 0.597. The summed E-state index contributed by atoms with van der Waals surface area (Å²) in [5.41, 5.74) is 15.1. The molecule has 0 radical (unpaired) electrons. The van der Waals surface area contributed by atoms with Crippen molar-refractivity contribution in [2.75, 3.05) is 0 Å². The van der Waals surface area contributed by atoms with Gasteiger partial charge in [0.05, 0.1) is 56.2 Å². The summed E-state index contributed by atoms with van der Waals surface area (Å²) in [6, 6.07) is 84.9. The molecule has 6 nitrogen and oxygen atoms in total. The lowest BCUT2D eigenvalue weighted by molar-refractivity contribution is 1.07. The second-order valence-electron chi connectivity index (χ2n) is 17.0. The van der Waals surface area contributed by atoms with Gasteiger partial charge in [0, 0.05) is 54.9 Å². The number of hydrogen-bond donors (Lipinski definition) is 0. The van der Waals surface area contributed by atoms with Crippen molar-refractivity contribution in [3.8, 4) is 79.2 Å². The van der Waals surface area contributed by atoms with Gasteiger partial charge < -0.3 is 9.13 Å². The molecule has 0 amide bonds. The predicted octanol–water partition coefficient (Wildman–Crippen LogP) is 15.5. The number of benzene rings is 9. The first-order valence-corrected chi connectivity index (χ1v) is 22.9. The van der Waals surface area contributed by atoms with E-state index in [1.54, 1.807) is 0 Å². The molecule has 4 heterocycles. The van der Waals surface area contributed by atoms with Crippen LogP contribution in [0.5, 0.6) is 0 Å². The first kappa shape index (κ1) is 39.1. The molecular weight excluding hydrogens is 829 g/mol. The van der Waals surface area contributed by atoms with Crippen molar-refractivity contribution in [1.82, 2.24) is 29.1 Å². The largest absolute Gasteiger partial charge is 0.306 e. The van der Waals surface area contributed by atoms with E-state index in [2.05, 4.69) is 228 Å². The zero-order valence-corrected chi connectivity index (χ0v) is 36.8. The molecule has 0 aliphatic rings. The van der Waals surface area contributed by atoms with E-state index in [0.717, 1.165) is 111 Å². The Hall–Kier alpha value is -9.26. The van der Waals surface area contributed by atoms with Crippen LogP contribution in [0, 0.1) is 0 Å². The molecule has 13 aromatic rings. The minimum absolute atomic E-state index is 0.597. The van der Waals surface area contributed by atoms with Crippen molar-refractivity contribution in [2.45, 2.75) is 0 Å². The monoisotopic (exact) mass is 868 g/mol. The van der Waals surface area contributed by atoms with Crippen molar-refractivity contribution in [2.24, 2.45) is 0 Å². The van der Waals surface area contributed by atoms with Crippen LogP contribution in [0.1, 0.15) is 0 Å². The highest BCUT2D eigenvalue weighted by Gasteiger charge is 2.28. The van der Waals surface area contributed by atoms with Gasteiger partial charge in [-0.05, 0) is 48.5 Å². The summed E-state index contributed by atoms with van der Waals surface area (Å²) in [6.07, 6.45) is 0. The molecule has 318 valence electrons. The molecular formula is C62H40N6. The minimum Gasteiger partial charge on any atom is -0.306 e. The number of nitrogens with zero attached hydrogens (tertiary/aromatic N) is 6. The average molecular weight is 869 g/mol. The molecule has 9 aromatic carbocycles. The molecule has 0 spiro atoms. The van der Waals surface area contributed by atoms with E-state index >= 15 is 0 Å². The molecule has 0 atom stereocenters. The Kier molecular flexibility index (Phi) is 9.39. The third-order valence-corrected chi connectivity index (χ3v) is 13.0. The zero-order valence-electron chi connectivity index (χ0n) is 36.8. The Morgan fingerprint density at radius 3 is 0.735 bits per heavy atom. The Bertz CT molecular complexity index is 3520. The highest BCUT2D eigenvalue weighted by Crippen LogP contribution is 2.46. The fraction of sp³-hybridized carbons (Fsp3) is 0. The second kappa shape index (κ2) is 16.3. The Morgan fingerprint density at radius 2 is 0.471 bits per heavy atom. The van der Waals surface area contributed by atoms with E-state index in [1.165, 1.54) is 0 Å². The number of hydrogen-bond acceptors (Lipinski definition) is 4. The second-order valence-corrected chi connectivity index (χ2v) is 17.0. The maximum Gasteiger partial charge on any atom is 0.162 e. The molecule has 0 fully saturated rings. The van der Waals surface area contributed by atoms with Crippen LogP contribution < -0.4 is 0 Å². The van der Waals surface area contributed by atoms with Gasteiger partial charge >= 0.3 is 0 Å². The Labute approximate surface area is 392 Å². The standard InChI is InChI=1S/C62H40N6/c1-5-21-41(22-6-1)51-39-52(42-23-7-2-8-24-42)64-61(63-51)49-37-38-50(62-65-53(43-25-9-3-10-26-43)40-54(66-62)44-27-11-4-12-28-44)60(68-57-35-19-15-31-47(57)48-32-16-20-36-58(48)68)59(49)67-55-33-17-13-29-45(55)46-30-14-18-34-56(46)67/h1-40H. The normalized spacial score (nSPS) is 11.5. The van der Waals surface area contributed by atoms with Crippen molar-refractivity contribution in [1.29, 1.82) is 0 Å². The van der Waals surface area contributed by atoms with Gasteiger partial charge in [0.25, 0.3) is 0 Å². The van der Waals surface area contributed by atoms with Crippen LogP contribution in [0.4, 0.5) is 0 Å². The van der Waals surface area contributed by atoms with Crippen LogP contribution >= 0.6 is 0 Å². The fourth-order valence-corrected chi connectivity index (χ4v) is 9.88. The van der Waals surface area contributed by atoms with Gasteiger partial charge in [-0.1, -0.05) is 194 Å². The van der Waals surface area contributed by atoms with Gasteiger partial charge in [0.2, 0.25) is 0 Å². The summed E-state index contributed by atoms with van der Waals surface area (Å²) in [5.74, 6) is 1.19. The van der Waals surface area contributed by atoms with E-state index in [0.29, 0.717) is 11.6 Å². The number of fused-ring (bicyclic) bond motifs is 6. The van der Waals surface area contributed by atoms with Crippen molar-refractivity contribution in [3.63, 3.8) is 0 Å². The highest BCUT2D eigenvalue weighted by molar-refractivity contribution is 6.13. The first-order valence-electron chi connectivity index (χ1n) is 22.9. The summed E-state index contributed by atoms with van der Waals surface area (Å²) < 4.78 is 4.84. The topological polar surface area (TPSA) is 61.4 Å².